The minimum absolute atomic E-state index is 0.0264. The average Bonchev–Trinajstić information content (AvgIpc) is 3.38. The number of nitrogens with one attached hydrogen (secondary N) is 2. The van der Waals surface area contributed by atoms with Crippen LogP contribution in [-0.4, -0.2) is 54.5 Å². The summed E-state index contributed by atoms with van der Waals surface area (Å²) in [4.78, 5) is 32.4. The summed E-state index contributed by atoms with van der Waals surface area (Å²) in [5.41, 5.74) is 6.11. The largest absolute Gasteiger partial charge is 0.416 e. The van der Waals surface area contributed by atoms with E-state index in [1.54, 1.807) is 6.20 Å². The number of rotatable bonds is 12. The number of amides is 2. The summed E-state index contributed by atoms with van der Waals surface area (Å²) in [6.07, 6.45) is -1.03. The molecule has 0 spiro atoms. The lowest BCUT2D eigenvalue weighted by Crippen LogP contribution is -2.36. The van der Waals surface area contributed by atoms with E-state index in [1.165, 1.54) is 10.9 Å². The Balaban J connectivity index is 1.41. The molecule has 0 fully saturated rings. The highest BCUT2D eigenvalue weighted by Gasteiger charge is 2.30. The third kappa shape index (κ3) is 9.30. The van der Waals surface area contributed by atoms with E-state index in [1.807, 2.05) is 19.1 Å². The van der Waals surface area contributed by atoms with E-state index in [4.69, 9.17) is 11.6 Å². The third-order valence-electron chi connectivity index (χ3n) is 5.39. The number of hydrogen-bond acceptors (Lipinski definition) is 9. The van der Waals surface area contributed by atoms with Crippen LogP contribution in [0.25, 0.3) is 0 Å². The van der Waals surface area contributed by atoms with Crippen molar-refractivity contribution in [3.05, 3.63) is 83.0 Å². The molecule has 0 radical (unpaired) electrons. The van der Waals surface area contributed by atoms with Gasteiger partial charge in [0.2, 0.25) is 0 Å². The van der Waals surface area contributed by atoms with Crippen LogP contribution in [0.1, 0.15) is 39.4 Å². The van der Waals surface area contributed by atoms with E-state index in [2.05, 4.69) is 30.9 Å². The predicted molar refractivity (Wildman–Crippen MR) is 134 cm³/mol. The Morgan fingerprint density at radius 1 is 1.12 bits per heavy atom. The molecule has 40 heavy (non-hydrogen) atoms. The molecule has 3 heterocycles. The van der Waals surface area contributed by atoms with E-state index in [9.17, 15) is 27.2 Å². The fourth-order valence-electron chi connectivity index (χ4n) is 3.38. The Bertz CT molecular complexity index is 1340. The van der Waals surface area contributed by atoms with Crippen LogP contribution in [0, 0.1) is 6.92 Å². The first kappa shape index (κ1) is 29.9. The van der Waals surface area contributed by atoms with Gasteiger partial charge in [-0.05, 0) is 36.8 Å². The minimum Gasteiger partial charge on any atom is -0.393 e. The monoisotopic (exact) mass is 564 g/mol. The highest BCUT2D eigenvalue weighted by Crippen LogP contribution is 2.28. The van der Waals surface area contributed by atoms with E-state index in [-0.39, 0.29) is 49.7 Å². The minimum atomic E-state index is -4.55. The maximum absolute atomic E-state index is 14.5. The molecule has 0 saturated heterocycles. The molecule has 0 aliphatic heterocycles. The first-order chi connectivity index (χ1) is 18.9. The van der Waals surface area contributed by atoms with Crippen LogP contribution in [0.15, 0.2) is 54.8 Å². The molecule has 2 amide bonds. The second-order valence-electron chi connectivity index (χ2n) is 8.76. The van der Waals surface area contributed by atoms with Crippen molar-refractivity contribution >= 4 is 11.8 Å². The Hall–Kier alpha value is -4.60. The number of hydrazine groups is 1. The van der Waals surface area contributed by atoms with Crippen molar-refractivity contribution in [2.75, 3.05) is 6.54 Å². The van der Waals surface area contributed by atoms with Crippen molar-refractivity contribution in [3.63, 3.8) is 0 Å². The quantitative estimate of drug-likeness (QED) is 0.110. The highest BCUT2D eigenvalue weighted by molar-refractivity contribution is 5.92. The van der Waals surface area contributed by atoms with Crippen LogP contribution >= 0.6 is 0 Å². The first-order valence-electron chi connectivity index (χ1n) is 11.9. The van der Waals surface area contributed by atoms with Gasteiger partial charge in [-0.15, -0.1) is 5.10 Å². The van der Waals surface area contributed by atoms with Gasteiger partial charge in [0.25, 0.3) is 11.8 Å². The van der Waals surface area contributed by atoms with Gasteiger partial charge in [-0.2, -0.15) is 13.2 Å². The van der Waals surface area contributed by atoms with Crippen LogP contribution < -0.4 is 22.2 Å². The second-order valence-corrected chi connectivity index (χ2v) is 8.76. The number of alkyl halides is 4. The van der Waals surface area contributed by atoms with Crippen molar-refractivity contribution in [3.8, 4) is 0 Å². The number of aryl methyl sites for hydroxylation is 2. The van der Waals surface area contributed by atoms with Gasteiger partial charge in [-0.1, -0.05) is 5.21 Å². The summed E-state index contributed by atoms with van der Waals surface area (Å²) in [5, 5.41) is 13.5. The maximum Gasteiger partial charge on any atom is 0.416 e. The van der Waals surface area contributed by atoms with Crippen LogP contribution in [0.2, 0.25) is 0 Å². The first-order valence-corrected chi connectivity index (χ1v) is 11.9. The number of nitrogens with zero attached hydrogens (tertiary/aromatic N) is 6. The van der Waals surface area contributed by atoms with Gasteiger partial charge < -0.3 is 21.4 Å². The summed E-state index contributed by atoms with van der Waals surface area (Å²) in [5.74, 6) is 4.44. The number of aromatic nitrogens is 5. The molecule has 0 aliphatic rings. The smallest absolute Gasteiger partial charge is 0.393 e. The normalized spacial score (nSPS) is 12.6. The zero-order valence-corrected chi connectivity index (χ0v) is 21.4. The van der Waals surface area contributed by atoms with Crippen LogP contribution in [-0.2, 0) is 30.6 Å². The lowest BCUT2D eigenvalue weighted by molar-refractivity contribution is -0.137. The predicted octanol–water partition coefficient (Wildman–Crippen LogP) is 1.35. The average molecular weight is 565 g/mol. The van der Waals surface area contributed by atoms with Gasteiger partial charge in [0.15, 0.2) is 5.69 Å². The molecule has 3 aromatic heterocycles. The molecular weight excluding hydrogens is 536 g/mol. The molecule has 6 N–H and O–H groups in total. The Morgan fingerprint density at radius 2 is 1.80 bits per heavy atom. The molecule has 3 aromatic rings. The van der Waals surface area contributed by atoms with Gasteiger partial charge in [0.1, 0.15) is 11.9 Å². The topological polar surface area (TPSA) is 170 Å². The number of hydrogen-bond donors (Lipinski definition) is 4. The summed E-state index contributed by atoms with van der Waals surface area (Å²) < 4.78 is 54.2. The molecular formula is C24H28F4N10O2. The van der Waals surface area contributed by atoms with Gasteiger partial charge in [0.05, 0.1) is 42.8 Å². The molecule has 214 valence electrons. The number of halogens is 4. The summed E-state index contributed by atoms with van der Waals surface area (Å²) >= 11 is 0. The van der Waals surface area contributed by atoms with Crippen molar-refractivity contribution in [1.82, 2.24) is 40.6 Å². The fourth-order valence-corrected chi connectivity index (χ4v) is 3.38. The van der Waals surface area contributed by atoms with Gasteiger partial charge in [-0.3, -0.25) is 24.2 Å². The molecule has 1 unspecified atom stereocenters. The molecule has 3 rings (SSSR count). The van der Waals surface area contributed by atoms with Gasteiger partial charge in [-0.25, -0.2) is 10.2 Å². The number of pyridine rings is 2. The van der Waals surface area contributed by atoms with E-state index < -0.39 is 29.7 Å². The Labute approximate surface area is 226 Å². The number of carbonyl (C=O) groups is 2. The van der Waals surface area contributed by atoms with Crippen molar-refractivity contribution in [2.45, 2.75) is 45.3 Å². The van der Waals surface area contributed by atoms with Crippen molar-refractivity contribution < 1.29 is 27.2 Å². The Kier molecular flexibility index (Phi) is 10.1. The van der Waals surface area contributed by atoms with Crippen molar-refractivity contribution in [1.29, 1.82) is 0 Å². The van der Waals surface area contributed by atoms with E-state index >= 15 is 0 Å². The van der Waals surface area contributed by atoms with Gasteiger partial charge >= 0.3 is 6.18 Å². The molecule has 16 heteroatoms. The zero-order chi connectivity index (χ0) is 29.3. The molecule has 1 atom stereocenters. The maximum atomic E-state index is 14.5. The number of nitrogens with two attached hydrogens (primary N) is 2. The van der Waals surface area contributed by atoms with Crippen molar-refractivity contribution in [2.24, 2.45) is 11.6 Å². The van der Waals surface area contributed by atoms with Crippen LogP contribution in [0.3, 0.4) is 0 Å². The van der Waals surface area contributed by atoms with Crippen LogP contribution in [0.4, 0.5) is 17.6 Å². The van der Waals surface area contributed by atoms with E-state index in [0.29, 0.717) is 5.69 Å². The zero-order valence-electron chi connectivity index (χ0n) is 21.4. The summed E-state index contributed by atoms with van der Waals surface area (Å²) in [7, 11) is 0. The molecule has 0 bridgehead atoms. The third-order valence-corrected chi connectivity index (χ3v) is 5.39. The molecule has 12 nitrogen and oxygen atoms in total. The lowest BCUT2D eigenvalue weighted by atomic mass is 10.2. The second kappa shape index (κ2) is 13.5. The van der Waals surface area contributed by atoms with Crippen LogP contribution in [0.5, 0.6) is 0 Å². The fraction of sp³-hybridized carbons (Fsp3) is 0.333. The SMILES string of the molecule is Cc1ccnc(CNC(=O)c2cn(CCC(F)CN(N)/C=C(\N)C(=O)NCc3cc(C(F)(F)F)ccn3)nn2)c1. The summed E-state index contributed by atoms with van der Waals surface area (Å²) in [6.45, 7) is 1.58. The number of carbonyl (C=O) groups excluding carboxylic acids is 2. The highest BCUT2D eigenvalue weighted by atomic mass is 19.4. The molecule has 0 aromatic carbocycles. The Morgan fingerprint density at radius 3 is 2.50 bits per heavy atom. The standard InChI is InChI=1S/C24H28F4N10O2/c1-15-2-5-31-18(8-15)10-34-23(40)21-14-38(36-35-21)7-4-17(25)12-37(30)13-20(29)22(39)33-11-19-9-16(3-6-32-19)24(26,27)28/h2-3,5-6,8-9,13-14,17H,4,7,10-12,29-30H2,1H3,(H,33,39)(H,34,40)/b20-13-. The van der Waals surface area contributed by atoms with E-state index in [0.717, 1.165) is 35.1 Å². The molecule has 0 saturated carbocycles. The van der Waals surface area contributed by atoms with Gasteiger partial charge in [0, 0.05) is 31.6 Å². The lowest BCUT2D eigenvalue weighted by Gasteiger charge is -2.17. The molecule has 0 aliphatic carbocycles. The summed E-state index contributed by atoms with van der Waals surface area (Å²) in [6, 6.07) is 5.29.